The van der Waals surface area contributed by atoms with Gasteiger partial charge in [0.1, 0.15) is 11.7 Å². The molecule has 0 aromatic heterocycles. The summed E-state index contributed by atoms with van der Waals surface area (Å²) in [6.07, 6.45) is 1.38. The summed E-state index contributed by atoms with van der Waals surface area (Å²) in [6, 6.07) is 0. The van der Waals surface area contributed by atoms with Crippen LogP contribution in [-0.2, 0) is 14.4 Å². The zero-order valence-electron chi connectivity index (χ0n) is 12.0. The van der Waals surface area contributed by atoms with Crippen molar-refractivity contribution in [3.8, 4) is 0 Å². The second-order valence-corrected chi connectivity index (χ2v) is 6.83. The lowest BCUT2D eigenvalue weighted by molar-refractivity contribution is -0.369. The predicted octanol–water partition coefficient (Wildman–Crippen LogP) is 1.90. The zero-order chi connectivity index (χ0) is 14.7. The SMILES string of the molecule is C=C1CC[C@@H](O)[C@]2(C)C[C@H]3OC(=O)[C@@H](C)[C@H]3C[C@@]12OO. The molecule has 0 unspecified atom stereocenters. The van der Waals surface area contributed by atoms with Crippen LogP contribution in [-0.4, -0.2) is 34.1 Å². The highest BCUT2D eigenvalue weighted by atomic mass is 17.1. The normalized spacial score (nSPS) is 51.4. The summed E-state index contributed by atoms with van der Waals surface area (Å²) >= 11 is 0. The van der Waals surface area contributed by atoms with Crippen molar-refractivity contribution in [2.45, 2.75) is 57.3 Å². The van der Waals surface area contributed by atoms with E-state index in [-0.39, 0.29) is 23.9 Å². The molecule has 1 aliphatic heterocycles. The van der Waals surface area contributed by atoms with Crippen LogP contribution in [0.4, 0.5) is 0 Å². The summed E-state index contributed by atoms with van der Waals surface area (Å²) in [5.41, 5.74) is -0.853. The van der Waals surface area contributed by atoms with E-state index >= 15 is 0 Å². The van der Waals surface area contributed by atoms with Gasteiger partial charge in [0.2, 0.25) is 0 Å². The molecule has 0 aromatic rings. The van der Waals surface area contributed by atoms with E-state index in [1.165, 1.54) is 0 Å². The highest BCUT2D eigenvalue weighted by Gasteiger charge is 2.66. The molecule has 20 heavy (non-hydrogen) atoms. The Kier molecular flexibility index (Phi) is 3.01. The van der Waals surface area contributed by atoms with Crippen molar-refractivity contribution < 1.29 is 24.8 Å². The molecule has 0 radical (unpaired) electrons. The number of ether oxygens (including phenoxy) is 1. The topological polar surface area (TPSA) is 76.0 Å². The quantitative estimate of drug-likeness (QED) is 0.332. The fourth-order valence-electron chi connectivity index (χ4n) is 4.48. The minimum absolute atomic E-state index is 0.00442. The first-order valence-corrected chi connectivity index (χ1v) is 7.25. The van der Waals surface area contributed by atoms with Crippen LogP contribution in [0.5, 0.6) is 0 Å². The summed E-state index contributed by atoms with van der Waals surface area (Å²) in [7, 11) is 0. The number of rotatable bonds is 1. The molecule has 5 heteroatoms. The van der Waals surface area contributed by atoms with Crippen LogP contribution < -0.4 is 0 Å². The molecule has 3 fully saturated rings. The van der Waals surface area contributed by atoms with Gasteiger partial charge in [-0.05, 0) is 31.3 Å². The Balaban J connectivity index is 2.04. The van der Waals surface area contributed by atoms with E-state index < -0.39 is 17.1 Å². The molecule has 2 saturated carbocycles. The summed E-state index contributed by atoms with van der Waals surface area (Å²) in [6.45, 7) is 7.80. The maximum atomic E-state index is 11.8. The van der Waals surface area contributed by atoms with E-state index in [9.17, 15) is 15.2 Å². The fourth-order valence-corrected chi connectivity index (χ4v) is 4.48. The number of aliphatic hydroxyl groups excluding tert-OH is 1. The van der Waals surface area contributed by atoms with Gasteiger partial charge in [-0.25, -0.2) is 4.89 Å². The molecule has 3 rings (SSSR count). The van der Waals surface area contributed by atoms with E-state index in [0.29, 0.717) is 25.7 Å². The molecule has 1 heterocycles. The molecule has 0 amide bonds. The van der Waals surface area contributed by atoms with Crippen LogP contribution in [0.1, 0.15) is 39.5 Å². The fraction of sp³-hybridized carbons (Fsp3) is 0.800. The van der Waals surface area contributed by atoms with Crippen molar-refractivity contribution in [3.63, 3.8) is 0 Å². The van der Waals surface area contributed by atoms with Crippen LogP contribution in [0.3, 0.4) is 0 Å². The zero-order valence-corrected chi connectivity index (χ0v) is 12.0. The minimum Gasteiger partial charge on any atom is -0.462 e. The van der Waals surface area contributed by atoms with E-state index in [1.807, 2.05) is 13.8 Å². The smallest absolute Gasteiger partial charge is 0.309 e. The Morgan fingerprint density at radius 1 is 1.45 bits per heavy atom. The van der Waals surface area contributed by atoms with Gasteiger partial charge < -0.3 is 9.84 Å². The molecule has 2 aliphatic carbocycles. The Morgan fingerprint density at radius 2 is 2.15 bits per heavy atom. The van der Waals surface area contributed by atoms with Crippen molar-refractivity contribution in [2.24, 2.45) is 17.3 Å². The molecule has 0 bridgehead atoms. The van der Waals surface area contributed by atoms with Crippen molar-refractivity contribution >= 4 is 5.97 Å². The molecule has 6 atom stereocenters. The lowest BCUT2D eigenvalue weighted by Crippen LogP contribution is -2.63. The maximum Gasteiger partial charge on any atom is 0.309 e. The van der Waals surface area contributed by atoms with E-state index in [1.54, 1.807) is 0 Å². The molecule has 5 nitrogen and oxygen atoms in total. The first kappa shape index (κ1) is 14.0. The van der Waals surface area contributed by atoms with E-state index in [2.05, 4.69) is 6.58 Å². The first-order chi connectivity index (χ1) is 9.35. The third-order valence-electron chi connectivity index (χ3n) is 6.01. The number of hydrogen-bond acceptors (Lipinski definition) is 5. The standard InChI is InChI=1S/C15H22O5/c1-8-4-5-12(16)14(3)7-11-10(6-15(8,14)20-18)9(2)13(17)19-11/h9-12,16,18H,1,4-7H2,2-3H3/t9-,10+,11+,12+,14-,15+/m0/s1. The van der Waals surface area contributed by atoms with Gasteiger partial charge in [-0.1, -0.05) is 20.4 Å². The van der Waals surface area contributed by atoms with Crippen molar-refractivity contribution in [1.29, 1.82) is 0 Å². The summed E-state index contributed by atoms with van der Waals surface area (Å²) in [4.78, 5) is 16.7. The van der Waals surface area contributed by atoms with E-state index in [4.69, 9.17) is 9.62 Å². The van der Waals surface area contributed by atoms with Crippen LogP contribution in [0.25, 0.3) is 0 Å². The van der Waals surface area contributed by atoms with Crippen molar-refractivity contribution in [2.75, 3.05) is 0 Å². The van der Waals surface area contributed by atoms with Crippen molar-refractivity contribution in [1.82, 2.24) is 0 Å². The highest BCUT2D eigenvalue weighted by Crippen LogP contribution is 2.60. The third kappa shape index (κ3) is 1.51. The molecular weight excluding hydrogens is 260 g/mol. The highest BCUT2D eigenvalue weighted by molar-refractivity contribution is 5.75. The summed E-state index contributed by atoms with van der Waals surface area (Å²) < 4.78 is 5.45. The largest absolute Gasteiger partial charge is 0.462 e. The monoisotopic (exact) mass is 282 g/mol. The van der Waals surface area contributed by atoms with Gasteiger partial charge >= 0.3 is 5.97 Å². The molecular formula is C15H22O5. The maximum absolute atomic E-state index is 11.8. The van der Waals surface area contributed by atoms with Crippen molar-refractivity contribution in [3.05, 3.63) is 12.2 Å². The van der Waals surface area contributed by atoms with Gasteiger partial charge in [0.15, 0.2) is 0 Å². The molecule has 112 valence electrons. The van der Waals surface area contributed by atoms with Crippen LogP contribution in [0.2, 0.25) is 0 Å². The Morgan fingerprint density at radius 3 is 2.80 bits per heavy atom. The average Bonchev–Trinajstić information content (AvgIpc) is 2.68. The second-order valence-electron chi connectivity index (χ2n) is 6.83. The van der Waals surface area contributed by atoms with Crippen LogP contribution in [0.15, 0.2) is 12.2 Å². The third-order valence-corrected chi connectivity index (χ3v) is 6.01. The van der Waals surface area contributed by atoms with Gasteiger partial charge in [0.05, 0.1) is 12.0 Å². The van der Waals surface area contributed by atoms with Gasteiger partial charge in [0.25, 0.3) is 0 Å². The van der Waals surface area contributed by atoms with Gasteiger partial charge in [-0.3, -0.25) is 10.1 Å². The summed E-state index contributed by atoms with van der Waals surface area (Å²) in [5.74, 6) is -0.399. The lowest BCUT2D eigenvalue weighted by atomic mass is 9.51. The Hall–Kier alpha value is -0.910. The first-order valence-electron chi connectivity index (χ1n) is 7.25. The lowest BCUT2D eigenvalue weighted by Gasteiger charge is -2.58. The number of carbonyl (C=O) groups is 1. The van der Waals surface area contributed by atoms with Crippen LogP contribution in [0, 0.1) is 17.3 Å². The molecule has 2 N–H and O–H groups in total. The van der Waals surface area contributed by atoms with Gasteiger partial charge in [-0.15, -0.1) is 0 Å². The van der Waals surface area contributed by atoms with Gasteiger partial charge in [-0.2, -0.15) is 0 Å². The minimum atomic E-state index is -0.978. The second kappa shape index (κ2) is 4.29. The number of aliphatic hydroxyl groups is 1. The molecule has 1 saturated heterocycles. The van der Waals surface area contributed by atoms with E-state index in [0.717, 1.165) is 5.57 Å². The predicted molar refractivity (Wildman–Crippen MR) is 70.7 cm³/mol. The number of esters is 1. The number of hydrogen-bond donors (Lipinski definition) is 2. The summed E-state index contributed by atoms with van der Waals surface area (Å²) in [5, 5.41) is 20.1. The van der Waals surface area contributed by atoms with Crippen LogP contribution >= 0.6 is 0 Å². The molecule has 3 aliphatic rings. The Labute approximate surface area is 118 Å². The van der Waals surface area contributed by atoms with Gasteiger partial charge in [0, 0.05) is 11.3 Å². The molecule has 0 spiro atoms. The average molecular weight is 282 g/mol. The number of carbonyl (C=O) groups excluding carboxylic acids is 1. The number of fused-ring (bicyclic) bond motifs is 2. The molecule has 0 aromatic carbocycles. The Bertz CT molecular complexity index is 461.